The Morgan fingerprint density at radius 2 is 1.82 bits per heavy atom. The summed E-state index contributed by atoms with van der Waals surface area (Å²) in [7, 11) is 4.10. The second-order valence-corrected chi connectivity index (χ2v) is 4.55. The first-order chi connectivity index (χ1) is 8.22. The number of rotatable bonds is 4. The number of hydrogen-bond donors (Lipinski definition) is 2. The number of benzene rings is 2. The number of nitrogens with two attached hydrogens (primary N) is 1. The molecule has 0 saturated carbocycles. The molecule has 0 aliphatic heterocycles. The molecule has 0 spiro atoms. The molecule has 2 rings (SSSR count). The van der Waals surface area contributed by atoms with Gasteiger partial charge in [0.1, 0.15) is 0 Å². The van der Waals surface area contributed by atoms with Gasteiger partial charge in [0.2, 0.25) is 0 Å². The minimum absolute atomic E-state index is 0.149. The van der Waals surface area contributed by atoms with Gasteiger partial charge in [-0.2, -0.15) is 0 Å². The smallest absolute Gasteiger partial charge is 0.0592 e. The Bertz CT molecular complexity index is 488. The van der Waals surface area contributed by atoms with Gasteiger partial charge in [0.15, 0.2) is 0 Å². The average Bonchev–Trinajstić information content (AvgIpc) is 2.35. The zero-order valence-corrected chi connectivity index (χ0v) is 10.4. The highest BCUT2D eigenvalue weighted by Crippen LogP contribution is 2.24. The number of likely N-dealkylation sites (N-methyl/N-ethyl adjacent to an activating group) is 1. The quantitative estimate of drug-likeness (QED) is 0.621. The van der Waals surface area contributed by atoms with E-state index >= 15 is 0 Å². The first-order valence-electron chi connectivity index (χ1n) is 5.81. The Labute approximate surface area is 102 Å². The number of nitrogens with one attached hydrogen (secondary N) is 1. The van der Waals surface area contributed by atoms with Crippen molar-refractivity contribution in [3.05, 3.63) is 48.0 Å². The van der Waals surface area contributed by atoms with Crippen LogP contribution in [-0.2, 0) is 0 Å². The third-order valence-electron chi connectivity index (χ3n) is 2.95. The Morgan fingerprint density at radius 1 is 1.12 bits per heavy atom. The molecule has 0 aliphatic carbocycles. The normalized spacial score (nSPS) is 13.2. The summed E-state index contributed by atoms with van der Waals surface area (Å²) in [5.74, 6) is 5.67. The minimum atomic E-state index is 0.149. The molecule has 0 saturated heterocycles. The number of hydrazine groups is 1. The highest BCUT2D eigenvalue weighted by molar-refractivity contribution is 5.86. The fraction of sp³-hybridized carbons (Fsp3) is 0.286. The van der Waals surface area contributed by atoms with Crippen molar-refractivity contribution in [1.82, 2.24) is 10.3 Å². The van der Waals surface area contributed by atoms with Crippen LogP contribution in [0.4, 0.5) is 0 Å². The molecule has 1 atom stereocenters. The molecule has 3 nitrogen and oxygen atoms in total. The van der Waals surface area contributed by atoms with Crippen LogP contribution in [0.25, 0.3) is 10.8 Å². The second-order valence-electron chi connectivity index (χ2n) is 4.55. The lowest BCUT2D eigenvalue weighted by atomic mass is 9.99. The van der Waals surface area contributed by atoms with Crippen LogP contribution in [0.15, 0.2) is 42.5 Å². The van der Waals surface area contributed by atoms with E-state index in [1.807, 2.05) is 0 Å². The van der Waals surface area contributed by atoms with Crippen LogP contribution in [0, 0.1) is 0 Å². The molecule has 2 aromatic carbocycles. The van der Waals surface area contributed by atoms with Gasteiger partial charge in [-0.05, 0) is 30.4 Å². The van der Waals surface area contributed by atoms with Crippen molar-refractivity contribution < 1.29 is 0 Å². The van der Waals surface area contributed by atoms with Crippen LogP contribution >= 0.6 is 0 Å². The topological polar surface area (TPSA) is 41.3 Å². The van der Waals surface area contributed by atoms with Crippen molar-refractivity contribution >= 4 is 10.8 Å². The van der Waals surface area contributed by atoms with E-state index in [2.05, 4.69) is 66.9 Å². The van der Waals surface area contributed by atoms with Crippen LogP contribution in [0.3, 0.4) is 0 Å². The van der Waals surface area contributed by atoms with Crippen molar-refractivity contribution in [2.75, 3.05) is 20.6 Å². The summed E-state index contributed by atoms with van der Waals surface area (Å²) >= 11 is 0. The zero-order valence-electron chi connectivity index (χ0n) is 10.4. The molecule has 90 valence electrons. The monoisotopic (exact) mass is 229 g/mol. The fourth-order valence-corrected chi connectivity index (χ4v) is 2.16. The summed E-state index contributed by atoms with van der Waals surface area (Å²) in [4.78, 5) is 2.13. The van der Waals surface area contributed by atoms with Crippen LogP contribution < -0.4 is 11.3 Å². The summed E-state index contributed by atoms with van der Waals surface area (Å²) in [5, 5.41) is 2.52. The third kappa shape index (κ3) is 2.64. The van der Waals surface area contributed by atoms with E-state index < -0.39 is 0 Å². The van der Waals surface area contributed by atoms with Crippen LogP contribution in [0.1, 0.15) is 11.6 Å². The molecule has 2 aromatic rings. The van der Waals surface area contributed by atoms with E-state index in [9.17, 15) is 0 Å². The van der Waals surface area contributed by atoms with Gasteiger partial charge in [-0.3, -0.25) is 11.3 Å². The van der Waals surface area contributed by atoms with E-state index in [1.165, 1.54) is 16.3 Å². The van der Waals surface area contributed by atoms with Crippen molar-refractivity contribution in [1.29, 1.82) is 0 Å². The van der Waals surface area contributed by atoms with Gasteiger partial charge in [0, 0.05) is 6.54 Å². The summed E-state index contributed by atoms with van der Waals surface area (Å²) in [6.07, 6.45) is 0. The molecule has 0 bridgehead atoms. The molecule has 0 aliphatic rings. The van der Waals surface area contributed by atoms with Gasteiger partial charge in [-0.1, -0.05) is 42.5 Å². The maximum Gasteiger partial charge on any atom is 0.0592 e. The lowest BCUT2D eigenvalue weighted by Gasteiger charge is -2.22. The summed E-state index contributed by atoms with van der Waals surface area (Å²) < 4.78 is 0. The molecule has 0 aromatic heterocycles. The molecule has 3 N–H and O–H groups in total. The van der Waals surface area contributed by atoms with E-state index in [1.54, 1.807) is 0 Å². The van der Waals surface area contributed by atoms with Crippen LogP contribution in [0.2, 0.25) is 0 Å². The fourth-order valence-electron chi connectivity index (χ4n) is 2.16. The number of fused-ring (bicyclic) bond motifs is 1. The molecular weight excluding hydrogens is 210 g/mol. The van der Waals surface area contributed by atoms with Gasteiger partial charge in [-0.15, -0.1) is 0 Å². The molecule has 3 heteroatoms. The third-order valence-corrected chi connectivity index (χ3v) is 2.95. The second kappa shape index (κ2) is 5.27. The van der Waals surface area contributed by atoms with E-state index in [4.69, 9.17) is 5.84 Å². The molecule has 0 heterocycles. The van der Waals surface area contributed by atoms with E-state index in [-0.39, 0.29) is 6.04 Å². The first-order valence-corrected chi connectivity index (χ1v) is 5.81. The maximum absolute atomic E-state index is 5.67. The first kappa shape index (κ1) is 12.0. The van der Waals surface area contributed by atoms with Crippen LogP contribution in [0.5, 0.6) is 0 Å². The van der Waals surface area contributed by atoms with E-state index in [0.717, 1.165) is 6.54 Å². The van der Waals surface area contributed by atoms with Gasteiger partial charge in [0.25, 0.3) is 0 Å². The van der Waals surface area contributed by atoms with Crippen molar-refractivity contribution in [3.63, 3.8) is 0 Å². The van der Waals surface area contributed by atoms with Crippen molar-refractivity contribution in [3.8, 4) is 0 Å². The van der Waals surface area contributed by atoms with Gasteiger partial charge < -0.3 is 4.90 Å². The van der Waals surface area contributed by atoms with Crippen molar-refractivity contribution in [2.24, 2.45) is 5.84 Å². The summed E-state index contributed by atoms with van der Waals surface area (Å²) in [5.41, 5.74) is 4.15. The van der Waals surface area contributed by atoms with E-state index in [0.29, 0.717) is 0 Å². The predicted octanol–water partition coefficient (Wildman–Crippen LogP) is 1.91. The minimum Gasteiger partial charge on any atom is -0.307 e. The van der Waals surface area contributed by atoms with Gasteiger partial charge in [0.05, 0.1) is 6.04 Å². The molecule has 0 amide bonds. The molecule has 0 fully saturated rings. The van der Waals surface area contributed by atoms with Gasteiger partial charge >= 0.3 is 0 Å². The zero-order chi connectivity index (χ0) is 12.3. The lowest BCUT2D eigenvalue weighted by Crippen LogP contribution is -2.35. The highest BCUT2D eigenvalue weighted by Gasteiger charge is 2.13. The van der Waals surface area contributed by atoms with Gasteiger partial charge in [-0.25, -0.2) is 0 Å². The molecule has 0 radical (unpaired) electrons. The molecule has 17 heavy (non-hydrogen) atoms. The molecular formula is C14H19N3. The summed E-state index contributed by atoms with van der Waals surface area (Å²) in [6, 6.07) is 14.9. The standard InChI is InChI=1S/C14H19N3/c1-17(2)10-14(16-15)13-9-5-7-11-6-3-4-8-12(11)13/h3-9,14,16H,10,15H2,1-2H3. The number of hydrogen-bond acceptors (Lipinski definition) is 3. The Balaban J connectivity index is 2.46. The highest BCUT2D eigenvalue weighted by atomic mass is 15.3. The Morgan fingerprint density at radius 3 is 2.53 bits per heavy atom. The molecule has 1 unspecified atom stereocenters. The summed E-state index contributed by atoms with van der Waals surface area (Å²) in [6.45, 7) is 0.879. The van der Waals surface area contributed by atoms with Crippen molar-refractivity contribution in [2.45, 2.75) is 6.04 Å². The average molecular weight is 229 g/mol. The lowest BCUT2D eigenvalue weighted by molar-refractivity contribution is 0.345. The largest absolute Gasteiger partial charge is 0.307 e. The number of nitrogens with zero attached hydrogens (tertiary/aromatic N) is 1. The predicted molar refractivity (Wildman–Crippen MR) is 72.6 cm³/mol. The van der Waals surface area contributed by atoms with Crippen LogP contribution in [-0.4, -0.2) is 25.5 Å². The Kier molecular flexibility index (Phi) is 3.74. The maximum atomic E-state index is 5.67. The Hall–Kier alpha value is -1.42. The SMILES string of the molecule is CN(C)CC(NN)c1cccc2ccccc12.